The van der Waals surface area contributed by atoms with Gasteiger partial charge in [0.2, 0.25) is 0 Å². The van der Waals surface area contributed by atoms with Crippen molar-refractivity contribution in [2.45, 2.75) is 36.9 Å². The van der Waals surface area contributed by atoms with E-state index in [1.165, 1.54) is 37.4 Å². The largest absolute Gasteiger partial charge is 0.365 e. The zero-order valence-corrected chi connectivity index (χ0v) is 14.7. The van der Waals surface area contributed by atoms with Crippen molar-refractivity contribution in [3.63, 3.8) is 0 Å². The van der Waals surface area contributed by atoms with Crippen molar-refractivity contribution in [2.75, 3.05) is 38.5 Å². The highest BCUT2D eigenvalue weighted by Crippen LogP contribution is 2.21. The van der Waals surface area contributed by atoms with E-state index in [-0.39, 0.29) is 11.9 Å². The maximum absolute atomic E-state index is 11.2. The maximum Gasteiger partial charge on any atom is 0.272 e. The number of nitrogens with one attached hydrogen (secondary N) is 2. The first-order chi connectivity index (χ1) is 11.1. The number of aromatic nitrogens is 3. The molecule has 7 nitrogen and oxygen atoms in total. The van der Waals surface area contributed by atoms with Gasteiger partial charge >= 0.3 is 0 Å². The SMILES string of the molecule is Cn1c(SCC[NH+]2CCCC2)nnc1[C@@H]1CCC[NH+]1CC(N)=O. The number of amides is 1. The highest BCUT2D eigenvalue weighted by atomic mass is 32.2. The van der Waals surface area contributed by atoms with E-state index < -0.39 is 0 Å². The van der Waals surface area contributed by atoms with Crippen LogP contribution < -0.4 is 15.5 Å². The van der Waals surface area contributed by atoms with Gasteiger partial charge in [0.15, 0.2) is 17.5 Å². The summed E-state index contributed by atoms with van der Waals surface area (Å²) in [7, 11) is 2.04. The van der Waals surface area contributed by atoms with E-state index in [0.29, 0.717) is 6.54 Å². The molecular weight excluding hydrogens is 312 g/mol. The van der Waals surface area contributed by atoms with Gasteiger partial charge in [-0.05, 0) is 0 Å². The number of primary amides is 1. The van der Waals surface area contributed by atoms with Gasteiger partial charge in [-0.2, -0.15) is 0 Å². The number of rotatable bonds is 7. The average Bonchev–Trinajstić information content (AvgIpc) is 3.22. The Morgan fingerprint density at radius 3 is 2.83 bits per heavy atom. The van der Waals surface area contributed by atoms with Crippen molar-refractivity contribution in [3.8, 4) is 0 Å². The second-order valence-corrected chi connectivity index (χ2v) is 7.76. The Labute approximate surface area is 141 Å². The van der Waals surface area contributed by atoms with Crippen molar-refractivity contribution >= 4 is 17.7 Å². The van der Waals surface area contributed by atoms with Crippen LogP contribution in [0.15, 0.2) is 5.16 Å². The fraction of sp³-hybridized carbons (Fsp3) is 0.800. The average molecular weight is 340 g/mol. The number of likely N-dealkylation sites (tertiary alicyclic amines) is 2. The van der Waals surface area contributed by atoms with E-state index in [0.717, 1.165) is 36.1 Å². The zero-order chi connectivity index (χ0) is 16.2. The predicted octanol–water partition coefficient (Wildman–Crippen LogP) is -2.21. The number of hydrogen-bond acceptors (Lipinski definition) is 4. The minimum atomic E-state index is -0.239. The van der Waals surface area contributed by atoms with E-state index in [2.05, 4.69) is 14.8 Å². The van der Waals surface area contributed by atoms with Gasteiger partial charge < -0.3 is 20.1 Å². The molecule has 1 unspecified atom stereocenters. The molecule has 1 amide bonds. The Balaban J connectivity index is 1.58. The van der Waals surface area contributed by atoms with Crippen molar-refractivity contribution in [1.82, 2.24) is 14.8 Å². The number of carbonyl (C=O) groups excluding carboxylic acids is 1. The fourth-order valence-corrected chi connectivity index (χ4v) is 4.78. The molecule has 0 aliphatic carbocycles. The molecule has 2 fully saturated rings. The predicted molar refractivity (Wildman–Crippen MR) is 88.4 cm³/mol. The lowest BCUT2D eigenvalue weighted by Crippen LogP contribution is -3.11. The minimum Gasteiger partial charge on any atom is -0.365 e. The van der Waals surface area contributed by atoms with Crippen molar-refractivity contribution < 1.29 is 14.6 Å². The number of hydrogen-bond donors (Lipinski definition) is 3. The summed E-state index contributed by atoms with van der Waals surface area (Å²) in [5, 5.41) is 9.78. The van der Waals surface area contributed by atoms with Crippen LogP contribution in [0.25, 0.3) is 0 Å². The van der Waals surface area contributed by atoms with Gasteiger partial charge in [0.25, 0.3) is 5.91 Å². The first-order valence-corrected chi connectivity index (χ1v) is 9.62. The highest BCUT2D eigenvalue weighted by Gasteiger charge is 2.35. The summed E-state index contributed by atoms with van der Waals surface area (Å²) in [6.07, 6.45) is 4.90. The first-order valence-electron chi connectivity index (χ1n) is 8.63. The molecule has 128 valence electrons. The number of nitrogens with two attached hydrogens (primary N) is 1. The smallest absolute Gasteiger partial charge is 0.272 e. The quantitative estimate of drug-likeness (QED) is 0.492. The van der Waals surface area contributed by atoms with Crippen LogP contribution in [-0.4, -0.2) is 59.1 Å². The van der Waals surface area contributed by atoms with Crippen LogP contribution in [0.3, 0.4) is 0 Å². The lowest BCUT2D eigenvalue weighted by atomic mass is 10.2. The molecule has 3 heterocycles. The number of carbonyl (C=O) groups is 1. The third kappa shape index (κ3) is 4.05. The molecule has 8 heteroatoms. The Bertz CT molecular complexity index is 542. The van der Waals surface area contributed by atoms with Crippen LogP contribution in [-0.2, 0) is 11.8 Å². The second kappa shape index (κ2) is 7.63. The molecule has 0 saturated carbocycles. The summed E-state index contributed by atoms with van der Waals surface area (Å²) in [6, 6.07) is 0.249. The number of nitrogens with zero attached hydrogens (tertiary/aromatic N) is 3. The number of thioether (sulfide) groups is 1. The lowest BCUT2D eigenvalue weighted by molar-refractivity contribution is -0.911. The van der Waals surface area contributed by atoms with E-state index in [1.807, 2.05) is 7.05 Å². The molecule has 1 aromatic heterocycles. The van der Waals surface area contributed by atoms with Crippen LogP contribution in [0.1, 0.15) is 37.5 Å². The molecule has 2 aliphatic heterocycles. The van der Waals surface area contributed by atoms with Gasteiger partial charge in [0.05, 0.1) is 31.9 Å². The molecule has 0 radical (unpaired) electrons. The molecule has 23 heavy (non-hydrogen) atoms. The maximum atomic E-state index is 11.2. The van der Waals surface area contributed by atoms with Gasteiger partial charge in [0.1, 0.15) is 6.04 Å². The molecule has 0 aromatic carbocycles. The standard InChI is InChI=1S/C15H26N6OS/c1-19-14(12-5-4-8-21(12)11-13(16)22)17-18-15(19)23-10-9-20-6-2-3-7-20/h12H,2-11H2,1H3,(H2,16,22)/p+2/t12-/m0/s1. The zero-order valence-electron chi connectivity index (χ0n) is 13.9. The van der Waals surface area contributed by atoms with Crippen LogP contribution in [0, 0.1) is 0 Å². The van der Waals surface area contributed by atoms with Crippen molar-refractivity contribution in [3.05, 3.63) is 5.82 Å². The molecule has 1 aromatic rings. The Morgan fingerprint density at radius 2 is 2.09 bits per heavy atom. The molecule has 2 aliphatic rings. The van der Waals surface area contributed by atoms with Gasteiger partial charge in [0, 0.05) is 32.7 Å². The molecular formula is C15H28N6OS+2. The van der Waals surface area contributed by atoms with Gasteiger partial charge in [-0.15, -0.1) is 10.2 Å². The van der Waals surface area contributed by atoms with Gasteiger partial charge in [-0.1, -0.05) is 11.8 Å². The molecule has 3 rings (SSSR count). The third-order valence-electron chi connectivity index (χ3n) is 5.06. The summed E-state index contributed by atoms with van der Waals surface area (Å²) >= 11 is 1.80. The minimum absolute atomic E-state index is 0.239. The van der Waals surface area contributed by atoms with Gasteiger partial charge in [-0.3, -0.25) is 4.79 Å². The highest BCUT2D eigenvalue weighted by molar-refractivity contribution is 7.99. The molecule has 2 atom stereocenters. The van der Waals surface area contributed by atoms with Crippen LogP contribution in [0.5, 0.6) is 0 Å². The second-order valence-electron chi connectivity index (χ2n) is 6.70. The lowest BCUT2D eigenvalue weighted by Gasteiger charge is -2.19. The summed E-state index contributed by atoms with van der Waals surface area (Å²) in [5.41, 5.74) is 5.37. The Morgan fingerprint density at radius 1 is 1.30 bits per heavy atom. The molecule has 0 spiro atoms. The van der Waals surface area contributed by atoms with Crippen molar-refractivity contribution in [2.24, 2.45) is 12.8 Å². The van der Waals surface area contributed by atoms with Crippen LogP contribution >= 0.6 is 11.8 Å². The summed E-state index contributed by atoms with van der Waals surface area (Å²) in [5.74, 6) is 1.84. The van der Waals surface area contributed by atoms with E-state index in [9.17, 15) is 4.79 Å². The summed E-state index contributed by atoms with van der Waals surface area (Å²) in [4.78, 5) is 14.2. The van der Waals surface area contributed by atoms with Crippen LogP contribution in [0.4, 0.5) is 0 Å². The molecule has 2 saturated heterocycles. The molecule has 4 N–H and O–H groups in total. The number of quaternary nitrogens is 2. The monoisotopic (exact) mass is 340 g/mol. The van der Waals surface area contributed by atoms with E-state index in [4.69, 9.17) is 5.73 Å². The summed E-state index contributed by atoms with van der Waals surface area (Å²) in [6.45, 7) is 5.21. The van der Waals surface area contributed by atoms with Gasteiger partial charge in [-0.25, -0.2) is 0 Å². The molecule has 0 bridgehead atoms. The Hall–Kier alpha value is -1.12. The first kappa shape index (κ1) is 16.7. The van der Waals surface area contributed by atoms with Crippen molar-refractivity contribution in [1.29, 1.82) is 0 Å². The Kier molecular flexibility index (Phi) is 5.55. The summed E-state index contributed by atoms with van der Waals surface area (Å²) < 4.78 is 2.11. The van der Waals surface area contributed by atoms with E-state index >= 15 is 0 Å². The normalized spacial score (nSPS) is 25.3. The fourth-order valence-electron chi connectivity index (χ4n) is 3.83. The van der Waals surface area contributed by atoms with E-state index in [1.54, 1.807) is 16.7 Å². The third-order valence-corrected chi connectivity index (χ3v) is 6.08. The van der Waals surface area contributed by atoms with Crippen LogP contribution in [0.2, 0.25) is 0 Å². The topological polar surface area (TPSA) is 82.7 Å².